The smallest absolute Gasteiger partial charge is 0.278 e. The molecule has 0 bridgehead atoms. The summed E-state index contributed by atoms with van der Waals surface area (Å²) in [5.74, 6) is -0.00568. The maximum Gasteiger partial charge on any atom is 0.278 e. The molecule has 2 aromatic rings. The monoisotopic (exact) mass is 380 g/mol. The molecule has 1 N–H and O–H groups in total. The van der Waals surface area contributed by atoms with E-state index in [2.05, 4.69) is 5.32 Å². The quantitative estimate of drug-likeness (QED) is 0.712. The number of methoxy groups -OCH3 is 1. The number of benzene rings is 2. The van der Waals surface area contributed by atoms with Gasteiger partial charge in [0.05, 0.1) is 31.9 Å². The van der Waals surface area contributed by atoms with E-state index >= 15 is 0 Å². The minimum Gasteiger partial charge on any atom is -0.497 e. The minimum atomic E-state index is -0.355. The zero-order chi connectivity index (χ0) is 20.1. The number of rotatable bonds is 8. The minimum absolute atomic E-state index is 0.0312. The Kier molecular flexibility index (Phi) is 6.11. The van der Waals surface area contributed by atoms with E-state index < -0.39 is 0 Å². The number of hydrogen-bond acceptors (Lipinski definition) is 5. The molecule has 1 heterocycles. The van der Waals surface area contributed by atoms with Gasteiger partial charge >= 0.3 is 0 Å². The van der Waals surface area contributed by atoms with Gasteiger partial charge in [0.1, 0.15) is 11.4 Å². The summed E-state index contributed by atoms with van der Waals surface area (Å²) in [6.45, 7) is 4.33. The zero-order valence-corrected chi connectivity index (χ0v) is 16.3. The van der Waals surface area contributed by atoms with Crippen LogP contribution in [0, 0.1) is 0 Å². The zero-order valence-electron chi connectivity index (χ0n) is 16.3. The number of imide groups is 1. The van der Waals surface area contributed by atoms with Crippen molar-refractivity contribution in [2.24, 2.45) is 0 Å². The lowest BCUT2D eigenvalue weighted by Crippen LogP contribution is -2.35. The second-order valence-electron chi connectivity index (χ2n) is 6.65. The summed E-state index contributed by atoms with van der Waals surface area (Å²) in [4.78, 5) is 27.3. The third kappa shape index (κ3) is 4.23. The molecule has 0 fully saturated rings. The predicted octanol–water partition coefficient (Wildman–Crippen LogP) is 3.31. The van der Waals surface area contributed by atoms with Gasteiger partial charge in [0.25, 0.3) is 11.8 Å². The van der Waals surface area contributed by atoms with Crippen LogP contribution in [0.3, 0.4) is 0 Å². The maximum absolute atomic E-state index is 13.1. The normalized spacial score (nSPS) is 14.2. The summed E-state index contributed by atoms with van der Waals surface area (Å²) >= 11 is 0. The van der Waals surface area contributed by atoms with E-state index in [9.17, 15) is 9.59 Å². The van der Waals surface area contributed by atoms with Gasteiger partial charge in [-0.25, -0.2) is 0 Å². The Balaban J connectivity index is 1.94. The third-order valence-corrected chi connectivity index (χ3v) is 4.36. The van der Waals surface area contributed by atoms with Crippen LogP contribution in [0.5, 0.6) is 5.75 Å². The van der Waals surface area contributed by atoms with Crippen molar-refractivity contribution < 1.29 is 19.1 Å². The molecular formula is C22H24N2O4. The highest BCUT2D eigenvalue weighted by atomic mass is 16.5. The first-order chi connectivity index (χ1) is 13.5. The molecule has 1 aliphatic rings. The van der Waals surface area contributed by atoms with Crippen LogP contribution in [-0.2, 0) is 14.3 Å². The summed E-state index contributed by atoms with van der Waals surface area (Å²) in [5, 5.41) is 3.12. The summed E-state index contributed by atoms with van der Waals surface area (Å²) in [7, 11) is 1.58. The number of carbonyl (C=O) groups excluding carboxylic acids is 2. The molecule has 0 aromatic heterocycles. The average Bonchev–Trinajstić information content (AvgIpc) is 2.93. The molecule has 3 rings (SSSR count). The van der Waals surface area contributed by atoms with E-state index in [1.807, 2.05) is 44.2 Å². The Hall–Kier alpha value is -3.12. The van der Waals surface area contributed by atoms with Crippen molar-refractivity contribution in [1.82, 2.24) is 4.90 Å². The van der Waals surface area contributed by atoms with E-state index in [1.54, 1.807) is 31.4 Å². The molecule has 2 aromatic carbocycles. The van der Waals surface area contributed by atoms with Crippen molar-refractivity contribution in [1.29, 1.82) is 0 Å². The number of carbonyl (C=O) groups is 2. The van der Waals surface area contributed by atoms with Crippen LogP contribution in [0.25, 0.3) is 5.57 Å². The van der Waals surface area contributed by atoms with Crippen LogP contribution in [0.15, 0.2) is 60.3 Å². The summed E-state index contributed by atoms with van der Waals surface area (Å²) < 4.78 is 10.7. The van der Waals surface area contributed by atoms with Crippen molar-refractivity contribution in [3.05, 3.63) is 65.9 Å². The van der Waals surface area contributed by atoms with Gasteiger partial charge in [0.15, 0.2) is 0 Å². The molecule has 0 unspecified atom stereocenters. The average molecular weight is 380 g/mol. The van der Waals surface area contributed by atoms with E-state index in [0.29, 0.717) is 23.5 Å². The first-order valence-electron chi connectivity index (χ1n) is 9.20. The number of ether oxygens (including phenoxy) is 2. The van der Waals surface area contributed by atoms with E-state index in [0.717, 1.165) is 5.69 Å². The van der Waals surface area contributed by atoms with Crippen molar-refractivity contribution in [3.63, 3.8) is 0 Å². The molecule has 0 saturated heterocycles. The summed E-state index contributed by atoms with van der Waals surface area (Å²) in [6, 6.07) is 16.4. The van der Waals surface area contributed by atoms with Crippen LogP contribution in [0.4, 0.5) is 5.69 Å². The molecule has 0 saturated carbocycles. The standard InChI is InChI=1S/C22H24N2O4/c1-15(2)28-14-13-24-21(25)19(16-9-11-18(27-3)12-10-16)20(22(24)26)23-17-7-5-4-6-8-17/h4-12,15,23H,13-14H2,1-3H3. The fourth-order valence-electron chi connectivity index (χ4n) is 2.97. The number of anilines is 1. The van der Waals surface area contributed by atoms with E-state index in [-0.39, 0.29) is 30.2 Å². The molecule has 0 aliphatic carbocycles. The Morgan fingerprint density at radius 3 is 2.25 bits per heavy atom. The fourth-order valence-corrected chi connectivity index (χ4v) is 2.97. The molecule has 0 radical (unpaired) electrons. The van der Waals surface area contributed by atoms with Crippen molar-refractivity contribution >= 4 is 23.1 Å². The van der Waals surface area contributed by atoms with Crippen LogP contribution >= 0.6 is 0 Å². The van der Waals surface area contributed by atoms with Crippen molar-refractivity contribution in [3.8, 4) is 5.75 Å². The number of hydrogen-bond donors (Lipinski definition) is 1. The number of nitrogens with zero attached hydrogens (tertiary/aromatic N) is 1. The van der Waals surface area contributed by atoms with Crippen LogP contribution < -0.4 is 10.1 Å². The van der Waals surface area contributed by atoms with Crippen LogP contribution in [0.1, 0.15) is 19.4 Å². The molecule has 0 spiro atoms. The second kappa shape index (κ2) is 8.71. The lowest BCUT2D eigenvalue weighted by atomic mass is 10.0. The van der Waals surface area contributed by atoms with Gasteiger partial charge in [-0.05, 0) is 43.7 Å². The molecule has 2 amide bonds. The lowest BCUT2D eigenvalue weighted by Gasteiger charge is -2.16. The molecule has 28 heavy (non-hydrogen) atoms. The molecular weight excluding hydrogens is 356 g/mol. The summed E-state index contributed by atoms with van der Waals surface area (Å²) in [6.07, 6.45) is 0.0312. The van der Waals surface area contributed by atoms with E-state index in [1.165, 1.54) is 4.90 Å². The lowest BCUT2D eigenvalue weighted by molar-refractivity contribution is -0.137. The Labute approximate surface area is 164 Å². The third-order valence-electron chi connectivity index (χ3n) is 4.36. The number of nitrogens with one attached hydrogen (secondary N) is 1. The molecule has 6 heteroatoms. The SMILES string of the molecule is COc1ccc(C2=C(Nc3ccccc3)C(=O)N(CCOC(C)C)C2=O)cc1. The first-order valence-corrected chi connectivity index (χ1v) is 9.20. The molecule has 146 valence electrons. The summed E-state index contributed by atoms with van der Waals surface area (Å²) in [5.41, 5.74) is 2.02. The van der Waals surface area contributed by atoms with Crippen molar-refractivity contribution in [2.75, 3.05) is 25.6 Å². The molecule has 6 nitrogen and oxygen atoms in total. The largest absolute Gasteiger partial charge is 0.497 e. The highest BCUT2D eigenvalue weighted by Gasteiger charge is 2.39. The van der Waals surface area contributed by atoms with Crippen LogP contribution in [0.2, 0.25) is 0 Å². The highest BCUT2D eigenvalue weighted by Crippen LogP contribution is 2.31. The highest BCUT2D eigenvalue weighted by molar-refractivity contribution is 6.36. The van der Waals surface area contributed by atoms with Gasteiger partial charge in [0.2, 0.25) is 0 Å². The predicted molar refractivity (Wildman–Crippen MR) is 108 cm³/mol. The Morgan fingerprint density at radius 2 is 1.64 bits per heavy atom. The van der Waals surface area contributed by atoms with Crippen molar-refractivity contribution in [2.45, 2.75) is 20.0 Å². The van der Waals surface area contributed by atoms with Gasteiger partial charge < -0.3 is 14.8 Å². The topological polar surface area (TPSA) is 67.9 Å². The fraction of sp³-hybridized carbons (Fsp3) is 0.273. The van der Waals surface area contributed by atoms with Gasteiger partial charge in [-0.3, -0.25) is 14.5 Å². The number of amides is 2. The maximum atomic E-state index is 13.1. The van der Waals surface area contributed by atoms with Crippen LogP contribution in [-0.4, -0.2) is 43.1 Å². The second-order valence-corrected chi connectivity index (χ2v) is 6.65. The van der Waals surface area contributed by atoms with Gasteiger partial charge in [0, 0.05) is 5.69 Å². The first kappa shape index (κ1) is 19.6. The van der Waals surface area contributed by atoms with Gasteiger partial charge in [-0.1, -0.05) is 30.3 Å². The Bertz CT molecular complexity index is 873. The molecule has 1 aliphatic heterocycles. The van der Waals surface area contributed by atoms with Gasteiger partial charge in [-0.15, -0.1) is 0 Å². The molecule has 0 atom stereocenters. The Morgan fingerprint density at radius 1 is 0.964 bits per heavy atom. The van der Waals surface area contributed by atoms with Gasteiger partial charge in [-0.2, -0.15) is 0 Å². The van der Waals surface area contributed by atoms with E-state index in [4.69, 9.17) is 9.47 Å². The number of para-hydroxylation sites is 1.